The molecule has 64 valence electrons. The van der Waals surface area contributed by atoms with Gasteiger partial charge in [0.15, 0.2) is 0 Å². The minimum absolute atomic E-state index is 0.119. The van der Waals surface area contributed by atoms with Crippen molar-refractivity contribution in [3.8, 4) is 0 Å². The molecule has 2 nitrogen and oxygen atoms in total. The minimum Gasteiger partial charge on any atom is -0.384 e. The van der Waals surface area contributed by atoms with E-state index in [0.717, 1.165) is 5.71 Å². The van der Waals surface area contributed by atoms with Gasteiger partial charge in [-0.1, -0.05) is 20.8 Å². The Balaban J connectivity index is 4.48. The van der Waals surface area contributed by atoms with Crippen LogP contribution in [0.25, 0.3) is 0 Å². The molecule has 0 rings (SSSR count). The molecule has 0 radical (unpaired) electrons. The van der Waals surface area contributed by atoms with E-state index in [1.54, 1.807) is 6.08 Å². The Bertz CT molecular complexity index is 182. The zero-order chi connectivity index (χ0) is 9.07. The summed E-state index contributed by atoms with van der Waals surface area (Å²) < 4.78 is 0. The quantitative estimate of drug-likeness (QED) is 0.578. The van der Waals surface area contributed by atoms with E-state index in [1.807, 2.05) is 13.8 Å². The summed E-state index contributed by atoms with van der Waals surface area (Å²) >= 11 is 0. The minimum atomic E-state index is 0.119. The highest BCUT2D eigenvalue weighted by Gasteiger charge is 2.13. The molecule has 0 aliphatic carbocycles. The van der Waals surface area contributed by atoms with Crippen molar-refractivity contribution in [3.63, 3.8) is 0 Å². The molecule has 0 saturated carbocycles. The largest absolute Gasteiger partial charge is 0.384 e. The van der Waals surface area contributed by atoms with Crippen LogP contribution in [0.4, 0.5) is 0 Å². The molecule has 0 aromatic carbocycles. The maximum absolute atomic E-state index is 5.54. The Morgan fingerprint density at radius 2 is 1.82 bits per heavy atom. The normalized spacial score (nSPS) is 15.4. The van der Waals surface area contributed by atoms with Crippen molar-refractivity contribution in [2.45, 2.75) is 34.6 Å². The van der Waals surface area contributed by atoms with Crippen LogP contribution in [0.1, 0.15) is 34.6 Å². The van der Waals surface area contributed by atoms with Crippen LogP contribution in [0.5, 0.6) is 0 Å². The standard InChI is InChI=1S/C9H18N2/c1-6-8(10)11-7(2)9(3,4)5/h6H,10H2,1-5H3/b8-6-,11-7+. The molecule has 0 saturated heterocycles. The number of hydrogen-bond donors (Lipinski definition) is 1. The van der Waals surface area contributed by atoms with E-state index in [9.17, 15) is 0 Å². The molecule has 0 aromatic heterocycles. The van der Waals surface area contributed by atoms with E-state index in [-0.39, 0.29) is 5.41 Å². The molecule has 0 heterocycles. The maximum atomic E-state index is 5.54. The van der Waals surface area contributed by atoms with Crippen molar-refractivity contribution in [2.24, 2.45) is 16.1 Å². The SMILES string of the molecule is C/C=C(N)\N=C(/C)C(C)(C)C. The third-order valence-corrected chi connectivity index (χ3v) is 1.68. The van der Waals surface area contributed by atoms with Crippen LogP contribution < -0.4 is 5.73 Å². The Morgan fingerprint density at radius 1 is 1.36 bits per heavy atom. The van der Waals surface area contributed by atoms with E-state index in [1.165, 1.54) is 0 Å². The summed E-state index contributed by atoms with van der Waals surface area (Å²) in [6, 6.07) is 0. The topological polar surface area (TPSA) is 38.4 Å². The second-order valence-corrected chi connectivity index (χ2v) is 3.66. The lowest BCUT2D eigenvalue weighted by Gasteiger charge is -2.17. The van der Waals surface area contributed by atoms with Gasteiger partial charge in [-0.15, -0.1) is 0 Å². The highest BCUT2D eigenvalue weighted by atomic mass is 14.9. The van der Waals surface area contributed by atoms with Gasteiger partial charge in [0.05, 0.1) is 0 Å². The molecule has 0 aromatic rings. The Kier molecular flexibility index (Phi) is 3.30. The van der Waals surface area contributed by atoms with Gasteiger partial charge in [-0.05, 0) is 19.9 Å². The second kappa shape index (κ2) is 3.56. The fourth-order valence-corrected chi connectivity index (χ4v) is 0.426. The predicted octanol–water partition coefficient (Wildman–Crippen LogP) is 2.31. The molecule has 0 amide bonds. The fraction of sp³-hybridized carbons (Fsp3) is 0.667. The first-order chi connectivity index (χ1) is 4.88. The third kappa shape index (κ3) is 3.81. The maximum Gasteiger partial charge on any atom is 0.118 e. The Hall–Kier alpha value is -0.790. The molecule has 2 N–H and O–H groups in total. The van der Waals surface area contributed by atoms with Crippen LogP contribution >= 0.6 is 0 Å². The Morgan fingerprint density at radius 3 is 2.09 bits per heavy atom. The van der Waals surface area contributed by atoms with Crippen LogP contribution in [-0.2, 0) is 0 Å². The van der Waals surface area contributed by atoms with Crippen molar-refractivity contribution in [2.75, 3.05) is 0 Å². The van der Waals surface area contributed by atoms with Gasteiger partial charge < -0.3 is 5.73 Å². The van der Waals surface area contributed by atoms with Crippen molar-refractivity contribution in [1.29, 1.82) is 0 Å². The fourth-order valence-electron chi connectivity index (χ4n) is 0.426. The lowest BCUT2D eigenvalue weighted by molar-refractivity contribution is 0.587. The highest BCUT2D eigenvalue weighted by Crippen LogP contribution is 2.16. The van der Waals surface area contributed by atoms with Gasteiger partial charge in [0, 0.05) is 11.1 Å². The highest BCUT2D eigenvalue weighted by molar-refractivity contribution is 5.87. The van der Waals surface area contributed by atoms with Crippen molar-refractivity contribution < 1.29 is 0 Å². The zero-order valence-electron chi connectivity index (χ0n) is 8.10. The molecule has 0 spiro atoms. The summed E-state index contributed by atoms with van der Waals surface area (Å²) in [5.41, 5.74) is 6.73. The molecule has 0 aliphatic rings. The van der Waals surface area contributed by atoms with Crippen LogP contribution in [0.3, 0.4) is 0 Å². The van der Waals surface area contributed by atoms with Gasteiger partial charge in [-0.25, -0.2) is 4.99 Å². The summed E-state index contributed by atoms with van der Waals surface area (Å²) in [5, 5.41) is 0. The third-order valence-electron chi connectivity index (χ3n) is 1.68. The second-order valence-electron chi connectivity index (χ2n) is 3.66. The van der Waals surface area contributed by atoms with E-state index in [2.05, 4.69) is 25.8 Å². The average Bonchev–Trinajstić information content (AvgIpc) is 1.85. The molecule has 0 atom stereocenters. The molecule has 0 bridgehead atoms. The molecule has 0 aliphatic heterocycles. The van der Waals surface area contributed by atoms with Crippen molar-refractivity contribution in [3.05, 3.63) is 11.9 Å². The smallest absolute Gasteiger partial charge is 0.118 e. The number of rotatable bonds is 1. The van der Waals surface area contributed by atoms with Crippen molar-refractivity contribution >= 4 is 5.71 Å². The van der Waals surface area contributed by atoms with Crippen LogP contribution in [-0.4, -0.2) is 5.71 Å². The number of allylic oxidation sites excluding steroid dienone is 1. The number of hydrogen-bond acceptors (Lipinski definition) is 2. The summed E-state index contributed by atoms with van der Waals surface area (Å²) in [4.78, 5) is 4.22. The molecular formula is C9H18N2. The first-order valence-corrected chi connectivity index (χ1v) is 3.85. The van der Waals surface area contributed by atoms with E-state index >= 15 is 0 Å². The van der Waals surface area contributed by atoms with Gasteiger partial charge in [0.1, 0.15) is 5.82 Å². The van der Waals surface area contributed by atoms with Gasteiger partial charge in [0.2, 0.25) is 0 Å². The van der Waals surface area contributed by atoms with E-state index < -0.39 is 0 Å². The Labute approximate surface area is 69.2 Å². The van der Waals surface area contributed by atoms with Crippen molar-refractivity contribution in [1.82, 2.24) is 0 Å². The molecule has 11 heavy (non-hydrogen) atoms. The number of nitrogens with zero attached hydrogens (tertiary/aromatic N) is 1. The van der Waals surface area contributed by atoms with Gasteiger partial charge in [-0.3, -0.25) is 0 Å². The van der Waals surface area contributed by atoms with Gasteiger partial charge >= 0.3 is 0 Å². The lowest BCUT2D eigenvalue weighted by atomic mass is 9.91. The molecule has 0 unspecified atom stereocenters. The summed E-state index contributed by atoms with van der Waals surface area (Å²) in [7, 11) is 0. The number of nitrogens with two attached hydrogens (primary N) is 1. The van der Waals surface area contributed by atoms with E-state index in [4.69, 9.17) is 5.73 Å². The monoisotopic (exact) mass is 154 g/mol. The average molecular weight is 154 g/mol. The first kappa shape index (κ1) is 10.2. The van der Waals surface area contributed by atoms with Crippen LogP contribution in [0.15, 0.2) is 16.9 Å². The van der Waals surface area contributed by atoms with Gasteiger partial charge in [-0.2, -0.15) is 0 Å². The summed E-state index contributed by atoms with van der Waals surface area (Å²) in [6.45, 7) is 10.2. The molecule has 2 heteroatoms. The number of aliphatic imine (C=N–C) groups is 1. The van der Waals surface area contributed by atoms with Crippen LogP contribution in [0, 0.1) is 5.41 Å². The summed E-state index contributed by atoms with van der Waals surface area (Å²) in [6.07, 6.45) is 1.80. The van der Waals surface area contributed by atoms with Crippen LogP contribution in [0.2, 0.25) is 0 Å². The molecule has 0 fully saturated rings. The molecular weight excluding hydrogens is 136 g/mol. The first-order valence-electron chi connectivity index (χ1n) is 3.85. The summed E-state index contributed by atoms with van der Waals surface area (Å²) in [5.74, 6) is 0.595. The van der Waals surface area contributed by atoms with Gasteiger partial charge in [0.25, 0.3) is 0 Å². The van der Waals surface area contributed by atoms with E-state index in [0.29, 0.717) is 5.82 Å². The lowest BCUT2D eigenvalue weighted by Crippen LogP contribution is -2.17. The zero-order valence-corrected chi connectivity index (χ0v) is 8.10. The predicted molar refractivity (Wildman–Crippen MR) is 50.5 cm³/mol.